The second kappa shape index (κ2) is 17.7. The molecule has 3 aromatic rings. The van der Waals surface area contributed by atoms with Crippen molar-refractivity contribution in [3.63, 3.8) is 0 Å². The minimum Gasteiger partial charge on any atom is -0.478 e. The number of piperidine rings is 3. The molecule has 4 saturated heterocycles. The topological polar surface area (TPSA) is 126 Å². The minimum absolute atomic E-state index is 0.0136. The van der Waals surface area contributed by atoms with Gasteiger partial charge >= 0.3 is 6.18 Å². The lowest BCUT2D eigenvalue weighted by molar-refractivity contribution is -0.139. The van der Waals surface area contributed by atoms with Crippen LogP contribution in [0.1, 0.15) is 85.8 Å². The van der Waals surface area contributed by atoms with Crippen molar-refractivity contribution in [2.45, 2.75) is 95.7 Å². The zero-order valence-corrected chi connectivity index (χ0v) is 33.0. The Morgan fingerprint density at radius 1 is 0.897 bits per heavy atom. The third kappa shape index (κ3) is 9.48. The molecule has 5 aliphatic rings. The first-order valence-electron chi connectivity index (χ1n) is 21.0. The second-order valence-corrected chi connectivity index (χ2v) is 16.6. The summed E-state index contributed by atoms with van der Waals surface area (Å²) in [5.41, 5.74) is 0.285. The molecule has 4 fully saturated rings. The highest BCUT2D eigenvalue weighted by Gasteiger charge is 2.44. The Morgan fingerprint density at radius 2 is 1.67 bits per heavy atom. The van der Waals surface area contributed by atoms with Gasteiger partial charge in [0.1, 0.15) is 11.7 Å². The van der Waals surface area contributed by atoms with Crippen molar-refractivity contribution in [2.24, 2.45) is 11.8 Å². The predicted molar refractivity (Wildman–Crippen MR) is 206 cm³/mol. The molecule has 5 aliphatic heterocycles. The summed E-state index contributed by atoms with van der Waals surface area (Å²) in [6.07, 6.45) is 5.10. The van der Waals surface area contributed by atoms with Gasteiger partial charge in [0, 0.05) is 69.3 Å². The van der Waals surface area contributed by atoms with E-state index in [1.165, 1.54) is 25.3 Å². The number of ether oxygens (including phenoxy) is 2. The van der Waals surface area contributed by atoms with Crippen LogP contribution in [0.2, 0.25) is 0 Å². The van der Waals surface area contributed by atoms with Gasteiger partial charge in [0.15, 0.2) is 0 Å². The molecule has 6 bridgehead atoms. The molecule has 16 heteroatoms. The van der Waals surface area contributed by atoms with Crippen molar-refractivity contribution in [1.82, 2.24) is 39.6 Å². The fraction of sp³-hybridized carbons (Fsp3) is 0.619. The SMILES string of the molecule is O=C(C[C@@H]1CCN2C[C@@H]1CCOc1cc(C(F)(F)F)cc(n1)-c1cccc(c1)C(=O)N1C[C@H](OCc3cn(CCN4CCCCC4)nn3)C[C@H]1C2=O)N1CCCCC1. The van der Waals surface area contributed by atoms with Crippen LogP contribution < -0.4 is 4.74 Å². The highest BCUT2D eigenvalue weighted by atomic mass is 19.4. The van der Waals surface area contributed by atoms with Crippen LogP contribution in [0.25, 0.3) is 11.3 Å². The molecule has 7 heterocycles. The number of carbonyl (C=O) groups is 3. The van der Waals surface area contributed by atoms with E-state index < -0.39 is 29.8 Å². The second-order valence-electron chi connectivity index (χ2n) is 16.6. The number of benzene rings is 1. The smallest absolute Gasteiger partial charge is 0.416 e. The number of alkyl halides is 3. The van der Waals surface area contributed by atoms with Crippen LogP contribution in [0.3, 0.4) is 0 Å². The van der Waals surface area contributed by atoms with Crippen LogP contribution >= 0.6 is 0 Å². The predicted octanol–water partition coefficient (Wildman–Crippen LogP) is 5.29. The van der Waals surface area contributed by atoms with Crippen LogP contribution in [0, 0.1) is 11.8 Å². The van der Waals surface area contributed by atoms with Gasteiger partial charge in [-0.3, -0.25) is 19.1 Å². The van der Waals surface area contributed by atoms with E-state index in [2.05, 4.69) is 20.2 Å². The fourth-order valence-corrected chi connectivity index (χ4v) is 9.29. The first-order chi connectivity index (χ1) is 28.1. The van der Waals surface area contributed by atoms with Crippen LogP contribution in [-0.4, -0.2) is 128 Å². The summed E-state index contributed by atoms with van der Waals surface area (Å²) in [7, 11) is 0. The van der Waals surface area contributed by atoms with E-state index in [4.69, 9.17) is 9.47 Å². The number of amides is 3. The van der Waals surface area contributed by atoms with Crippen LogP contribution in [0.5, 0.6) is 5.88 Å². The van der Waals surface area contributed by atoms with Crippen molar-refractivity contribution in [3.8, 4) is 17.1 Å². The fourth-order valence-electron chi connectivity index (χ4n) is 9.29. The quantitative estimate of drug-likeness (QED) is 0.299. The van der Waals surface area contributed by atoms with Gasteiger partial charge in [0.25, 0.3) is 5.91 Å². The summed E-state index contributed by atoms with van der Waals surface area (Å²) in [4.78, 5) is 54.6. The number of likely N-dealkylation sites (tertiary alicyclic amines) is 2. The molecule has 0 radical (unpaired) electrons. The molecule has 0 saturated carbocycles. The molecule has 8 rings (SSSR count). The van der Waals surface area contributed by atoms with E-state index in [9.17, 15) is 27.6 Å². The van der Waals surface area contributed by atoms with Gasteiger partial charge in [0.2, 0.25) is 17.7 Å². The molecular weight excluding hydrogens is 754 g/mol. The summed E-state index contributed by atoms with van der Waals surface area (Å²) in [5, 5.41) is 8.61. The maximum atomic E-state index is 14.6. The summed E-state index contributed by atoms with van der Waals surface area (Å²) >= 11 is 0. The van der Waals surface area contributed by atoms with Gasteiger partial charge in [-0.15, -0.1) is 5.10 Å². The molecule has 2 aromatic heterocycles. The molecule has 0 spiro atoms. The lowest BCUT2D eigenvalue weighted by Crippen LogP contribution is -2.52. The summed E-state index contributed by atoms with van der Waals surface area (Å²) in [6.45, 7) is 6.42. The first kappa shape index (κ1) is 40.2. The number of carbonyl (C=O) groups excluding carboxylic acids is 3. The van der Waals surface area contributed by atoms with Crippen molar-refractivity contribution >= 4 is 17.7 Å². The summed E-state index contributed by atoms with van der Waals surface area (Å²) < 4.78 is 56.6. The van der Waals surface area contributed by atoms with E-state index in [0.717, 1.165) is 70.7 Å². The Bertz CT molecular complexity index is 1930. The minimum atomic E-state index is -4.66. The van der Waals surface area contributed by atoms with E-state index in [0.29, 0.717) is 43.6 Å². The van der Waals surface area contributed by atoms with E-state index in [1.54, 1.807) is 28.0 Å². The van der Waals surface area contributed by atoms with Gasteiger partial charge in [-0.2, -0.15) is 13.2 Å². The van der Waals surface area contributed by atoms with Crippen molar-refractivity contribution in [3.05, 3.63) is 59.4 Å². The Hall–Kier alpha value is -4.57. The molecule has 0 unspecified atom stereocenters. The summed E-state index contributed by atoms with van der Waals surface area (Å²) in [5.74, 6) is -0.898. The monoisotopic (exact) mass is 806 g/mol. The van der Waals surface area contributed by atoms with Crippen molar-refractivity contribution < 1.29 is 37.0 Å². The molecule has 4 atom stereocenters. The third-order valence-corrected chi connectivity index (χ3v) is 12.6. The molecule has 13 nitrogen and oxygen atoms in total. The highest BCUT2D eigenvalue weighted by molar-refractivity contribution is 5.99. The number of hydrogen-bond acceptors (Lipinski definition) is 9. The zero-order valence-electron chi connectivity index (χ0n) is 33.0. The number of nitrogens with zero attached hydrogens (tertiary/aromatic N) is 8. The molecule has 1 aromatic carbocycles. The van der Waals surface area contributed by atoms with E-state index in [1.807, 2.05) is 15.8 Å². The molecular formula is C42H53F3N8O5. The van der Waals surface area contributed by atoms with Gasteiger partial charge in [-0.05, 0) is 88.1 Å². The molecule has 312 valence electrons. The van der Waals surface area contributed by atoms with Gasteiger partial charge in [0.05, 0.1) is 43.3 Å². The normalized spacial score (nSPS) is 24.8. The Balaban J connectivity index is 1.04. The van der Waals surface area contributed by atoms with Crippen LogP contribution in [0.15, 0.2) is 42.6 Å². The van der Waals surface area contributed by atoms with Gasteiger partial charge in [-0.1, -0.05) is 23.8 Å². The van der Waals surface area contributed by atoms with E-state index >= 15 is 0 Å². The Labute approximate surface area is 336 Å². The highest BCUT2D eigenvalue weighted by Crippen LogP contribution is 2.37. The number of fused-ring (bicyclic) bond motifs is 8. The number of aromatic nitrogens is 4. The number of halogens is 3. The van der Waals surface area contributed by atoms with Gasteiger partial charge < -0.3 is 29.1 Å². The maximum absolute atomic E-state index is 14.6. The molecule has 0 N–H and O–H groups in total. The maximum Gasteiger partial charge on any atom is 0.416 e. The van der Waals surface area contributed by atoms with E-state index in [-0.39, 0.29) is 67.0 Å². The average Bonchev–Trinajstić information content (AvgIpc) is 3.89. The zero-order chi connectivity index (χ0) is 40.2. The summed E-state index contributed by atoms with van der Waals surface area (Å²) in [6, 6.07) is 7.33. The first-order valence-corrected chi connectivity index (χ1v) is 21.0. The number of rotatable bonds is 8. The Kier molecular flexibility index (Phi) is 12.3. The largest absolute Gasteiger partial charge is 0.478 e. The third-order valence-electron chi connectivity index (χ3n) is 12.6. The number of pyridine rings is 1. The van der Waals surface area contributed by atoms with Crippen LogP contribution in [0.4, 0.5) is 13.2 Å². The van der Waals surface area contributed by atoms with Crippen molar-refractivity contribution in [2.75, 3.05) is 59.0 Å². The lowest BCUT2D eigenvalue weighted by Gasteiger charge is -2.41. The van der Waals surface area contributed by atoms with Crippen molar-refractivity contribution in [1.29, 1.82) is 0 Å². The average molecular weight is 807 g/mol. The molecule has 58 heavy (non-hydrogen) atoms. The molecule has 3 amide bonds. The standard InChI is InChI=1S/C42H53F3N8O5/c43-42(44,45)33-22-36-30-8-7-9-31(20-30)40(55)53-27-35(58-28-34-26-52(48-47-34)18-17-49-12-3-1-4-13-49)24-37(53)41(56)51-16-10-29(21-39(54)50-14-5-2-6-15-50)32(25-51)11-19-57-38(23-33)46-36/h7-9,20,22-23,26,29,32,35,37H,1-6,10-19,21,24-25,27-28H2/t29-,32-,35+,37-/m0/s1. The number of hydrogen-bond donors (Lipinski definition) is 0. The lowest BCUT2D eigenvalue weighted by atomic mass is 9.80. The van der Waals surface area contributed by atoms with Crippen LogP contribution in [-0.2, 0) is 33.7 Å². The van der Waals surface area contributed by atoms with Gasteiger partial charge in [-0.25, -0.2) is 4.98 Å². The molecule has 0 aliphatic carbocycles. The Morgan fingerprint density at radius 3 is 2.47 bits per heavy atom.